The first-order chi connectivity index (χ1) is 23.4. The molecular weight excluding hydrogens is 630 g/mol. The molecule has 0 aliphatic carbocycles. The van der Waals surface area contributed by atoms with Crippen LogP contribution in [0.15, 0.2) is 22.3 Å². The van der Waals surface area contributed by atoms with E-state index >= 15 is 0 Å². The molecule has 0 spiro atoms. The number of rotatable bonds is 23. The second-order valence-electron chi connectivity index (χ2n) is 13.0. The van der Waals surface area contributed by atoms with Crippen LogP contribution in [0.5, 0.6) is 5.75 Å². The zero-order chi connectivity index (χ0) is 36.5. The maximum Gasteiger partial charge on any atom is 0.336 e. The molecule has 0 N–H and O–H groups in total. The summed E-state index contributed by atoms with van der Waals surface area (Å²) >= 11 is 0. The fourth-order valence-corrected chi connectivity index (χ4v) is 6.62. The van der Waals surface area contributed by atoms with Gasteiger partial charge in [-0.05, 0) is 54.4 Å². The number of nitrogens with zero attached hydrogens (tertiary/aromatic N) is 3. The van der Waals surface area contributed by atoms with Gasteiger partial charge >= 0.3 is 17.6 Å². The summed E-state index contributed by atoms with van der Waals surface area (Å²) in [6.07, 6.45) is 14.2. The summed E-state index contributed by atoms with van der Waals surface area (Å²) in [7, 11) is 0. The Morgan fingerprint density at radius 3 is 1.78 bits per heavy atom. The standard InChI is InChI=1S/C37H57N3O9/c1-8-11-12-13-14-15-16-17-18-19-20-21-22-23-28-29(39(43)44)24-30(40(45)46)35(49-25(4)5)33(28)34-31(36(41)47-9-2)26(6)38-27(7)32(34)37(42)48-10-3/h24-25,31,34H,8-23H2,1-7H3. The molecule has 1 aliphatic rings. The van der Waals surface area contributed by atoms with Crippen molar-refractivity contribution in [3.05, 3.63) is 48.7 Å². The molecule has 0 saturated carbocycles. The highest BCUT2D eigenvalue weighted by atomic mass is 16.6. The van der Waals surface area contributed by atoms with Gasteiger partial charge in [-0.2, -0.15) is 0 Å². The van der Waals surface area contributed by atoms with Crippen LogP contribution in [-0.4, -0.2) is 46.8 Å². The van der Waals surface area contributed by atoms with Crippen LogP contribution in [-0.2, 0) is 25.5 Å². The van der Waals surface area contributed by atoms with E-state index in [1.165, 1.54) is 51.4 Å². The Kier molecular flexibility index (Phi) is 18.0. The smallest absolute Gasteiger partial charge is 0.336 e. The highest BCUT2D eigenvalue weighted by Crippen LogP contribution is 2.51. The van der Waals surface area contributed by atoms with E-state index in [0.717, 1.165) is 31.7 Å². The van der Waals surface area contributed by atoms with Crippen molar-refractivity contribution in [1.29, 1.82) is 0 Å². The van der Waals surface area contributed by atoms with Gasteiger partial charge < -0.3 is 14.2 Å². The largest absolute Gasteiger partial charge is 0.484 e. The highest BCUT2D eigenvalue weighted by molar-refractivity contribution is 6.07. The van der Waals surface area contributed by atoms with Gasteiger partial charge in [0.2, 0.25) is 5.75 Å². The van der Waals surface area contributed by atoms with Crippen LogP contribution < -0.4 is 4.74 Å². The Labute approximate surface area is 291 Å². The van der Waals surface area contributed by atoms with Crippen molar-refractivity contribution in [2.24, 2.45) is 10.9 Å². The molecule has 0 amide bonds. The maximum absolute atomic E-state index is 13.6. The maximum atomic E-state index is 13.6. The van der Waals surface area contributed by atoms with Gasteiger partial charge in [-0.25, -0.2) is 4.79 Å². The van der Waals surface area contributed by atoms with Crippen molar-refractivity contribution in [3.63, 3.8) is 0 Å². The number of nitro benzene ring substituents is 2. The Hall–Kier alpha value is -3.83. The van der Waals surface area contributed by atoms with E-state index in [4.69, 9.17) is 14.2 Å². The van der Waals surface area contributed by atoms with E-state index in [-0.39, 0.29) is 47.8 Å². The van der Waals surface area contributed by atoms with Crippen LogP contribution in [0.25, 0.3) is 0 Å². The van der Waals surface area contributed by atoms with Crippen molar-refractivity contribution >= 4 is 29.0 Å². The second-order valence-corrected chi connectivity index (χ2v) is 13.0. The first-order valence-electron chi connectivity index (χ1n) is 18.2. The molecule has 0 radical (unpaired) electrons. The number of aliphatic imine (C=N–C) groups is 1. The number of hydrogen-bond acceptors (Lipinski definition) is 10. The predicted molar refractivity (Wildman–Crippen MR) is 190 cm³/mol. The van der Waals surface area contributed by atoms with Crippen molar-refractivity contribution in [2.75, 3.05) is 13.2 Å². The molecule has 1 heterocycles. The van der Waals surface area contributed by atoms with Crippen LogP contribution in [0.4, 0.5) is 11.4 Å². The quantitative estimate of drug-likeness (QED) is 0.0472. The first-order valence-corrected chi connectivity index (χ1v) is 18.2. The number of nitro groups is 2. The van der Waals surface area contributed by atoms with Crippen molar-refractivity contribution in [1.82, 2.24) is 0 Å². The van der Waals surface area contributed by atoms with E-state index in [2.05, 4.69) is 11.9 Å². The molecule has 2 unspecified atom stereocenters. The minimum absolute atomic E-state index is 0.0134. The average molecular weight is 688 g/mol. The molecule has 0 saturated heterocycles. The highest BCUT2D eigenvalue weighted by Gasteiger charge is 2.47. The lowest BCUT2D eigenvalue weighted by molar-refractivity contribution is -0.395. The number of esters is 2. The van der Waals surface area contributed by atoms with Crippen LogP contribution in [0, 0.1) is 26.1 Å². The molecule has 0 fully saturated rings. The van der Waals surface area contributed by atoms with Gasteiger partial charge in [0.1, 0.15) is 5.92 Å². The van der Waals surface area contributed by atoms with E-state index in [9.17, 15) is 29.8 Å². The lowest BCUT2D eigenvalue weighted by Gasteiger charge is -2.33. The fraction of sp³-hybridized carbons (Fsp3) is 0.703. The molecular formula is C37H57N3O9. The van der Waals surface area contributed by atoms with Crippen molar-refractivity contribution in [3.8, 4) is 5.75 Å². The summed E-state index contributed by atoms with van der Waals surface area (Å²) in [6.45, 7) is 12.1. The fourth-order valence-electron chi connectivity index (χ4n) is 6.62. The minimum atomic E-state index is -1.24. The van der Waals surface area contributed by atoms with Gasteiger partial charge in [-0.3, -0.25) is 30.0 Å². The van der Waals surface area contributed by atoms with E-state index in [1.54, 1.807) is 41.5 Å². The van der Waals surface area contributed by atoms with Gasteiger partial charge in [-0.1, -0.05) is 84.0 Å². The lowest BCUT2D eigenvalue weighted by Crippen LogP contribution is -2.37. The molecule has 1 aromatic rings. The number of allylic oxidation sites excluding steroid dienone is 1. The second kappa shape index (κ2) is 21.3. The van der Waals surface area contributed by atoms with Crippen LogP contribution in [0.1, 0.15) is 149 Å². The predicted octanol–water partition coefficient (Wildman–Crippen LogP) is 9.50. The summed E-state index contributed by atoms with van der Waals surface area (Å²) in [6, 6.07) is 0.933. The summed E-state index contributed by atoms with van der Waals surface area (Å²) in [5.41, 5.74) is -0.279. The Morgan fingerprint density at radius 1 is 0.796 bits per heavy atom. The topological polar surface area (TPSA) is 160 Å². The zero-order valence-corrected chi connectivity index (χ0v) is 30.6. The van der Waals surface area contributed by atoms with Crippen LogP contribution in [0.3, 0.4) is 0 Å². The third kappa shape index (κ3) is 11.9. The van der Waals surface area contributed by atoms with E-state index in [0.29, 0.717) is 12.1 Å². The molecule has 2 atom stereocenters. The molecule has 1 aliphatic heterocycles. The van der Waals surface area contributed by atoms with Gasteiger partial charge in [0.25, 0.3) is 5.69 Å². The Bertz CT molecular complexity index is 1350. The third-order valence-electron chi connectivity index (χ3n) is 8.84. The van der Waals surface area contributed by atoms with Gasteiger partial charge in [0, 0.05) is 28.5 Å². The van der Waals surface area contributed by atoms with Gasteiger partial charge in [0.05, 0.1) is 40.8 Å². The third-order valence-corrected chi connectivity index (χ3v) is 8.84. The Morgan fingerprint density at radius 2 is 1.31 bits per heavy atom. The van der Waals surface area contributed by atoms with Crippen molar-refractivity contribution < 1.29 is 33.6 Å². The molecule has 0 bridgehead atoms. The molecule has 12 nitrogen and oxygen atoms in total. The van der Waals surface area contributed by atoms with Crippen LogP contribution in [0.2, 0.25) is 0 Å². The Balaban J connectivity index is 2.58. The average Bonchev–Trinajstić information content (AvgIpc) is 3.02. The first kappa shape index (κ1) is 41.3. The number of carbonyl (C=O) groups excluding carboxylic acids is 2. The summed E-state index contributed by atoms with van der Waals surface area (Å²) in [5, 5.41) is 25.0. The zero-order valence-electron chi connectivity index (χ0n) is 30.6. The van der Waals surface area contributed by atoms with Crippen molar-refractivity contribution in [2.45, 2.75) is 150 Å². The summed E-state index contributed by atoms with van der Waals surface area (Å²) < 4.78 is 16.9. The monoisotopic (exact) mass is 687 g/mol. The molecule has 2 rings (SSSR count). The number of benzene rings is 1. The normalized spacial score (nSPS) is 16.0. The minimum Gasteiger partial charge on any atom is -0.484 e. The molecule has 0 aromatic heterocycles. The van der Waals surface area contributed by atoms with Gasteiger partial charge in [0.15, 0.2) is 0 Å². The van der Waals surface area contributed by atoms with E-state index < -0.39 is 51.1 Å². The molecule has 49 heavy (non-hydrogen) atoms. The molecule has 274 valence electrons. The molecule has 12 heteroatoms. The number of hydrogen-bond donors (Lipinski definition) is 0. The summed E-state index contributed by atoms with van der Waals surface area (Å²) in [5.74, 6) is -4.13. The molecule has 1 aromatic carbocycles. The van der Waals surface area contributed by atoms with E-state index in [1.807, 2.05) is 0 Å². The number of unbranched alkanes of at least 4 members (excludes halogenated alkanes) is 12. The van der Waals surface area contributed by atoms with Crippen LogP contribution >= 0.6 is 0 Å². The number of ether oxygens (including phenoxy) is 3. The number of carbonyl (C=O) groups is 2. The summed E-state index contributed by atoms with van der Waals surface area (Å²) in [4.78, 5) is 55.4. The lowest BCUT2D eigenvalue weighted by atomic mass is 9.72. The SMILES string of the molecule is CCCCCCCCCCCCCCCc1c([N+](=O)[O-])cc([N+](=O)[O-])c(OC(C)C)c1C1C(C(=O)OCC)=C(C)N=C(C)C1C(=O)OCC. The van der Waals surface area contributed by atoms with Gasteiger partial charge in [-0.15, -0.1) is 0 Å².